The Morgan fingerprint density at radius 3 is 2.67 bits per heavy atom. The highest BCUT2D eigenvalue weighted by Gasteiger charge is 2.19. The van der Waals surface area contributed by atoms with Crippen LogP contribution >= 0.6 is 11.6 Å². The van der Waals surface area contributed by atoms with Crippen molar-refractivity contribution < 1.29 is 4.74 Å². The summed E-state index contributed by atoms with van der Waals surface area (Å²) in [5.41, 5.74) is 6.80. The zero-order valence-electron chi connectivity index (χ0n) is 10.9. The molecule has 0 saturated carbocycles. The van der Waals surface area contributed by atoms with E-state index in [0.29, 0.717) is 5.02 Å². The van der Waals surface area contributed by atoms with Crippen molar-refractivity contribution in [2.24, 2.45) is 11.7 Å². The van der Waals surface area contributed by atoms with Crippen molar-refractivity contribution in [2.75, 3.05) is 31.6 Å². The number of nitrogens with two attached hydrogens (primary N) is 1. The normalized spacial score (nSPS) is 16.9. The van der Waals surface area contributed by atoms with Gasteiger partial charge in [0.05, 0.1) is 12.1 Å². The molecule has 1 aromatic carbocycles. The van der Waals surface area contributed by atoms with Crippen molar-refractivity contribution in [1.82, 2.24) is 0 Å². The summed E-state index contributed by atoms with van der Waals surface area (Å²) < 4.78 is 5.17. The van der Waals surface area contributed by atoms with Gasteiger partial charge in [-0.3, -0.25) is 0 Å². The number of ether oxygens (including phenoxy) is 1. The van der Waals surface area contributed by atoms with Gasteiger partial charge in [0.1, 0.15) is 5.75 Å². The quantitative estimate of drug-likeness (QED) is 0.913. The molecule has 1 saturated heterocycles. The number of rotatable bonds is 4. The van der Waals surface area contributed by atoms with E-state index in [9.17, 15) is 0 Å². The molecule has 1 fully saturated rings. The van der Waals surface area contributed by atoms with Crippen LogP contribution in [-0.2, 0) is 0 Å². The van der Waals surface area contributed by atoms with E-state index in [1.54, 1.807) is 7.11 Å². The van der Waals surface area contributed by atoms with E-state index in [-0.39, 0.29) is 0 Å². The second kappa shape index (κ2) is 6.30. The molecule has 0 unspecified atom stereocenters. The summed E-state index contributed by atoms with van der Waals surface area (Å²) in [6.07, 6.45) is 3.60. The monoisotopic (exact) mass is 268 g/mol. The predicted octanol–water partition coefficient (Wildman–Crippen LogP) is 2.91. The molecular formula is C14H21ClN2O. The van der Waals surface area contributed by atoms with Crippen molar-refractivity contribution in [1.29, 1.82) is 0 Å². The fourth-order valence-corrected chi connectivity index (χ4v) is 2.82. The molecule has 0 bridgehead atoms. The van der Waals surface area contributed by atoms with E-state index in [2.05, 4.69) is 11.0 Å². The molecular weight excluding hydrogens is 248 g/mol. The number of hydrogen-bond acceptors (Lipinski definition) is 3. The molecule has 0 aromatic heterocycles. The van der Waals surface area contributed by atoms with Crippen LogP contribution in [0.1, 0.15) is 19.3 Å². The molecule has 1 aliphatic rings. The molecule has 100 valence electrons. The van der Waals surface area contributed by atoms with Gasteiger partial charge in [-0.05, 0) is 49.9 Å². The Bertz CT molecular complexity index is 389. The maximum absolute atomic E-state index is 6.16. The highest BCUT2D eigenvalue weighted by atomic mass is 35.5. The Morgan fingerprint density at radius 2 is 2.11 bits per heavy atom. The molecule has 0 amide bonds. The SMILES string of the molecule is COc1ccc(N2CCC(CCN)CC2)cc1Cl. The van der Waals surface area contributed by atoms with Gasteiger partial charge in [-0.1, -0.05) is 11.6 Å². The molecule has 1 aromatic rings. The van der Waals surface area contributed by atoms with E-state index in [1.165, 1.54) is 18.5 Å². The fraction of sp³-hybridized carbons (Fsp3) is 0.571. The highest BCUT2D eigenvalue weighted by Crippen LogP contribution is 2.31. The Morgan fingerprint density at radius 1 is 1.39 bits per heavy atom. The van der Waals surface area contributed by atoms with Crippen LogP contribution in [0.4, 0.5) is 5.69 Å². The standard InChI is InChI=1S/C14H21ClN2O/c1-18-14-3-2-12(10-13(14)15)17-8-5-11(4-7-16)6-9-17/h2-3,10-11H,4-9,16H2,1H3. The van der Waals surface area contributed by atoms with Crippen molar-refractivity contribution in [3.05, 3.63) is 23.2 Å². The minimum absolute atomic E-state index is 0.680. The topological polar surface area (TPSA) is 38.5 Å². The molecule has 2 rings (SSSR count). The van der Waals surface area contributed by atoms with Crippen LogP contribution in [0.25, 0.3) is 0 Å². The zero-order chi connectivity index (χ0) is 13.0. The zero-order valence-corrected chi connectivity index (χ0v) is 11.6. The molecule has 0 radical (unpaired) electrons. The number of nitrogens with zero attached hydrogens (tertiary/aromatic N) is 1. The summed E-state index contributed by atoms with van der Waals surface area (Å²) in [6, 6.07) is 6.00. The Hall–Kier alpha value is -0.930. The van der Waals surface area contributed by atoms with Crippen LogP contribution in [-0.4, -0.2) is 26.7 Å². The van der Waals surface area contributed by atoms with Gasteiger partial charge in [-0.2, -0.15) is 0 Å². The first kappa shape index (κ1) is 13.5. The summed E-state index contributed by atoms with van der Waals surface area (Å²) >= 11 is 6.16. The molecule has 0 aliphatic carbocycles. The van der Waals surface area contributed by atoms with E-state index < -0.39 is 0 Å². The summed E-state index contributed by atoms with van der Waals surface area (Å²) in [5.74, 6) is 1.53. The van der Waals surface area contributed by atoms with Crippen molar-refractivity contribution >= 4 is 17.3 Å². The molecule has 4 heteroatoms. The number of anilines is 1. The number of halogens is 1. The highest BCUT2D eigenvalue weighted by molar-refractivity contribution is 6.32. The first-order chi connectivity index (χ1) is 8.74. The molecule has 0 atom stereocenters. The predicted molar refractivity (Wildman–Crippen MR) is 76.6 cm³/mol. The van der Waals surface area contributed by atoms with Crippen LogP contribution in [0.15, 0.2) is 18.2 Å². The van der Waals surface area contributed by atoms with Crippen LogP contribution in [0.5, 0.6) is 5.75 Å². The lowest BCUT2D eigenvalue weighted by molar-refractivity contribution is 0.386. The van der Waals surface area contributed by atoms with Crippen LogP contribution in [0, 0.1) is 5.92 Å². The number of piperidine rings is 1. The van der Waals surface area contributed by atoms with Gasteiger partial charge in [-0.15, -0.1) is 0 Å². The summed E-state index contributed by atoms with van der Waals surface area (Å²) in [5, 5.41) is 0.680. The lowest BCUT2D eigenvalue weighted by Crippen LogP contribution is -2.34. The minimum Gasteiger partial charge on any atom is -0.495 e. The number of methoxy groups -OCH3 is 1. The Kier molecular flexibility index (Phi) is 4.72. The van der Waals surface area contributed by atoms with Gasteiger partial charge in [0, 0.05) is 18.8 Å². The van der Waals surface area contributed by atoms with Crippen molar-refractivity contribution in [2.45, 2.75) is 19.3 Å². The summed E-state index contributed by atoms with van der Waals surface area (Å²) in [7, 11) is 1.64. The molecule has 1 heterocycles. The Labute approximate surface area is 114 Å². The van der Waals surface area contributed by atoms with Crippen molar-refractivity contribution in [3.8, 4) is 5.75 Å². The van der Waals surface area contributed by atoms with Gasteiger partial charge in [-0.25, -0.2) is 0 Å². The third-order valence-electron chi connectivity index (χ3n) is 3.69. The Balaban J connectivity index is 1.99. The molecule has 0 spiro atoms. The fourth-order valence-electron chi connectivity index (χ4n) is 2.57. The second-order valence-electron chi connectivity index (χ2n) is 4.83. The summed E-state index contributed by atoms with van der Waals surface area (Å²) in [4.78, 5) is 2.39. The lowest BCUT2D eigenvalue weighted by atomic mass is 9.93. The van der Waals surface area contributed by atoms with Gasteiger partial charge in [0.25, 0.3) is 0 Å². The van der Waals surface area contributed by atoms with E-state index in [1.807, 2.05) is 12.1 Å². The smallest absolute Gasteiger partial charge is 0.137 e. The van der Waals surface area contributed by atoms with E-state index in [0.717, 1.165) is 37.7 Å². The molecule has 3 nitrogen and oxygen atoms in total. The lowest BCUT2D eigenvalue weighted by Gasteiger charge is -2.33. The number of hydrogen-bond donors (Lipinski definition) is 1. The van der Waals surface area contributed by atoms with Gasteiger partial charge < -0.3 is 15.4 Å². The third kappa shape index (κ3) is 3.09. The molecule has 1 aliphatic heterocycles. The maximum atomic E-state index is 6.16. The van der Waals surface area contributed by atoms with E-state index in [4.69, 9.17) is 22.1 Å². The first-order valence-electron chi connectivity index (χ1n) is 6.53. The average molecular weight is 269 g/mol. The maximum Gasteiger partial charge on any atom is 0.137 e. The number of benzene rings is 1. The van der Waals surface area contributed by atoms with Gasteiger partial charge >= 0.3 is 0 Å². The minimum atomic E-state index is 0.680. The second-order valence-corrected chi connectivity index (χ2v) is 5.23. The van der Waals surface area contributed by atoms with E-state index >= 15 is 0 Å². The van der Waals surface area contributed by atoms with Crippen molar-refractivity contribution in [3.63, 3.8) is 0 Å². The van der Waals surface area contributed by atoms with Gasteiger partial charge in [0.15, 0.2) is 0 Å². The molecule has 2 N–H and O–H groups in total. The third-order valence-corrected chi connectivity index (χ3v) is 3.99. The van der Waals surface area contributed by atoms with Gasteiger partial charge in [0.2, 0.25) is 0 Å². The largest absolute Gasteiger partial charge is 0.495 e. The van der Waals surface area contributed by atoms with Crippen LogP contribution in [0.2, 0.25) is 5.02 Å². The van der Waals surface area contributed by atoms with Crippen LogP contribution in [0.3, 0.4) is 0 Å². The summed E-state index contributed by atoms with van der Waals surface area (Å²) in [6.45, 7) is 2.99. The molecule has 18 heavy (non-hydrogen) atoms. The average Bonchev–Trinajstić information content (AvgIpc) is 2.40. The first-order valence-corrected chi connectivity index (χ1v) is 6.91. The van der Waals surface area contributed by atoms with Crippen LogP contribution < -0.4 is 15.4 Å².